The van der Waals surface area contributed by atoms with Gasteiger partial charge in [-0.3, -0.25) is 4.79 Å². The molecule has 1 aromatic carbocycles. The fourth-order valence-electron chi connectivity index (χ4n) is 3.27. The summed E-state index contributed by atoms with van der Waals surface area (Å²) in [5, 5.41) is 6.34. The third kappa shape index (κ3) is 3.29. The van der Waals surface area contributed by atoms with Crippen molar-refractivity contribution in [3.05, 3.63) is 35.4 Å². The Hall–Kier alpha value is -1.49. The van der Waals surface area contributed by atoms with Gasteiger partial charge in [-0.1, -0.05) is 13.0 Å². The molecule has 2 fully saturated rings. The van der Waals surface area contributed by atoms with Gasteiger partial charge in [0.05, 0.1) is 0 Å². The van der Waals surface area contributed by atoms with E-state index in [1.807, 2.05) is 0 Å². The van der Waals surface area contributed by atoms with Crippen LogP contribution in [-0.2, 0) is 4.79 Å². The SMILES string of the molecule is CC1(CNC(=O)C2CC2c2ccc(F)cc2F)CCNCC1. The van der Waals surface area contributed by atoms with Crippen LogP contribution in [0.4, 0.5) is 8.78 Å². The van der Waals surface area contributed by atoms with Gasteiger partial charge in [0.2, 0.25) is 5.91 Å². The lowest BCUT2D eigenvalue weighted by Crippen LogP contribution is -2.43. The van der Waals surface area contributed by atoms with E-state index < -0.39 is 11.6 Å². The van der Waals surface area contributed by atoms with Crippen molar-refractivity contribution in [2.75, 3.05) is 19.6 Å². The number of rotatable bonds is 4. The molecule has 1 heterocycles. The molecule has 3 nitrogen and oxygen atoms in total. The standard InChI is InChI=1S/C17H22F2N2O/c1-17(4-6-20-7-5-17)10-21-16(22)14-9-13(14)12-3-2-11(18)8-15(12)19/h2-3,8,13-14,20H,4-7,9-10H2,1H3,(H,21,22). The number of carbonyl (C=O) groups is 1. The zero-order valence-electron chi connectivity index (χ0n) is 12.8. The van der Waals surface area contributed by atoms with Gasteiger partial charge in [0.1, 0.15) is 11.6 Å². The second kappa shape index (κ2) is 5.95. The van der Waals surface area contributed by atoms with Crippen LogP contribution in [0.25, 0.3) is 0 Å². The van der Waals surface area contributed by atoms with Gasteiger partial charge in [-0.15, -0.1) is 0 Å². The molecule has 0 aromatic heterocycles. The first kappa shape index (κ1) is 15.4. The lowest BCUT2D eigenvalue weighted by Gasteiger charge is -2.34. The maximum Gasteiger partial charge on any atom is 0.223 e. The van der Waals surface area contributed by atoms with Gasteiger partial charge >= 0.3 is 0 Å². The Kier molecular flexibility index (Phi) is 4.17. The van der Waals surface area contributed by atoms with Gasteiger partial charge in [0.25, 0.3) is 0 Å². The molecule has 1 aliphatic heterocycles. The zero-order valence-corrected chi connectivity index (χ0v) is 12.8. The molecular formula is C17H22F2N2O. The molecule has 2 N–H and O–H groups in total. The smallest absolute Gasteiger partial charge is 0.223 e. The number of benzene rings is 1. The Morgan fingerprint density at radius 1 is 1.36 bits per heavy atom. The Labute approximate surface area is 129 Å². The summed E-state index contributed by atoms with van der Waals surface area (Å²) in [7, 11) is 0. The van der Waals surface area contributed by atoms with E-state index in [4.69, 9.17) is 0 Å². The van der Waals surface area contributed by atoms with Gasteiger partial charge in [-0.2, -0.15) is 0 Å². The van der Waals surface area contributed by atoms with Crippen LogP contribution in [0.1, 0.15) is 37.7 Å². The summed E-state index contributed by atoms with van der Waals surface area (Å²) < 4.78 is 26.7. The van der Waals surface area contributed by atoms with Crippen LogP contribution in [-0.4, -0.2) is 25.5 Å². The number of amides is 1. The maximum absolute atomic E-state index is 13.7. The van der Waals surface area contributed by atoms with E-state index in [0.717, 1.165) is 32.0 Å². The summed E-state index contributed by atoms with van der Waals surface area (Å²) in [4.78, 5) is 12.2. The number of carbonyl (C=O) groups excluding carboxylic acids is 1. The average molecular weight is 308 g/mol. The van der Waals surface area contributed by atoms with Crippen LogP contribution < -0.4 is 10.6 Å². The third-order valence-electron chi connectivity index (χ3n) is 4.99. The molecule has 22 heavy (non-hydrogen) atoms. The van der Waals surface area contributed by atoms with E-state index in [-0.39, 0.29) is 23.2 Å². The number of halogens is 2. The lowest BCUT2D eigenvalue weighted by atomic mass is 9.81. The molecule has 5 heteroatoms. The van der Waals surface area contributed by atoms with Crippen LogP contribution in [0.15, 0.2) is 18.2 Å². The Bertz CT molecular complexity index is 570. The highest BCUT2D eigenvalue weighted by Gasteiger charge is 2.45. The molecule has 0 spiro atoms. The molecule has 3 rings (SSSR count). The Balaban J connectivity index is 1.54. The van der Waals surface area contributed by atoms with Crippen molar-refractivity contribution in [2.24, 2.45) is 11.3 Å². The minimum Gasteiger partial charge on any atom is -0.355 e. The maximum atomic E-state index is 13.7. The highest BCUT2D eigenvalue weighted by Crippen LogP contribution is 2.48. The normalized spacial score (nSPS) is 26.5. The van der Waals surface area contributed by atoms with Crippen molar-refractivity contribution in [3.8, 4) is 0 Å². The van der Waals surface area contributed by atoms with Gasteiger partial charge in [0, 0.05) is 18.5 Å². The highest BCUT2D eigenvalue weighted by molar-refractivity contribution is 5.82. The van der Waals surface area contributed by atoms with Crippen molar-refractivity contribution in [3.63, 3.8) is 0 Å². The summed E-state index contributed by atoms with van der Waals surface area (Å²) in [6.45, 7) is 4.83. The van der Waals surface area contributed by atoms with E-state index in [9.17, 15) is 13.6 Å². The predicted octanol–water partition coefficient (Wildman–Crippen LogP) is 2.57. The molecule has 2 unspecified atom stereocenters. The molecule has 1 aliphatic carbocycles. The molecule has 1 saturated heterocycles. The molecule has 2 aliphatic rings. The van der Waals surface area contributed by atoms with Crippen LogP contribution in [0.3, 0.4) is 0 Å². The summed E-state index contributed by atoms with van der Waals surface area (Å²) in [5.41, 5.74) is 0.599. The summed E-state index contributed by atoms with van der Waals surface area (Å²) in [6.07, 6.45) is 2.74. The quantitative estimate of drug-likeness (QED) is 0.897. The monoisotopic (exact) mass is 308 g/mol. The molecule has 2 atom stereocenters. The van der Waals surface area contributed by atoms with Crippen LogP contribution in [0.5, 0.6) is 0 Å². The fraction of sp³-hybridized carbons (Fsp3) is 0.588. The van der Waals surface area contributed by atoms with Crippen molar-refractivity contribution in [1.29, 1.82) is 0 Å². The van der Waals surface area contributed by atoms with Gasteiger partial charge in [-0.05, 0) is 55.3 Å². The van der Waals surface area contributed by atoms with Gasteiger partial charge in [0.15, 0.2) is 0 Å². The molecule has 120 valence electrons. The fourth-order valence-corrected chi connectivity index (χ4v) is 3.27. The van der Waals surface area contributed by atoms with E-state index in [2.05, 4.69) is 17.6 Å². The minimum absolute atomic E-state index is 0.00603. The first-order chi connectivity index (χ1) is 10.5. The zero-order chi connectivity index (χ0) is 15.7. The average Bonchev–Trinajstić information content (AvgIpc) is 3.26. The van der Waals surface area contributed by atoms with Gasteiger partial charge in [-0.25, -0.2) is 8.78 Å². The highest BCUT2D eigenvalue weighted by atomic mass is 19.1. The molecule has 1 saturated carbocycles. The van der Waals surface area contributed by atoms with E-state index in [0.29, 0.717) is 18.5 Å². The van der Waals surface area contributed by atoms with Crippen LogP contribution >= 0.6 is 0 Å². The number of nitrogens with one attached hydrogen (secondary N) is 2. The Morgan fingerprint density at radius 2 is 2.09 bits per heavy atom. The van der Waals surface area contributed by atoms with Crippen molar-refractivity contribution in [2.45, 2.75) is 32.1 Å². The van der Waals surface area contributed by atoms with Gasteiger partial charge < -0.3 is 10.6 Å². The topological polar surface area (TPSA) is 41.1 Å². The van der Waals surface area contributed by atoms with E-state index >= 15 is 0 Å². The van der Waals surface area contributed by atoms with Crippen LogP contribution in [0, 0.1) is 23.0 Å². The van der Waals surface area contributed by atoms with E-state index in [1.54, 1.807) is 0 Å². The Morgan fingerprint density at radius 3 is 2.77 bits per heavy atom. The molecule has 1 aromatic rings. The first-order valence-electron chi connectivity index (χ1n) is 7.92. The molecular weight excluding hydrogens is 286 g/mol. The third-order valence-corrected chi connectivity index (χ3v) is 4.99. The summed E-state index contributed by atoms with van der Waals surface area (Å²) in [6, 6.07) is 3.59. The second-order valence-electron chi connectivity index (χ2n) is 6.89. The second-order valence-corrected chi connectivity index (χ2v) is 6.89. The summed E-state index contributed by atoms with van der Waals surface area (Å²) in [5.74, 6) is -1.42. The van der Waals surface area contributed by atoms with Crippen molar-refractivity contribution >= 4 is 5.91 Å². The number of hydrogen-bond donors (Lipinski definition) is 2. The van der Waals surface area contributed by atoms with Crippen LogP contribution in [0.2, 0.25) is 0 Å². The van der Waals surface area contributed by atoms with Crippen molar-refractivity contribution < 1.29 is 13.6 Å². The molecule has 0 radical (unpaired) electrons. The van der Waals surface area contributed by atoms with Crippen molar-refractivity contribution in [1.82, 2.24) is 10.6 Å². The minimum atomic E-state index is -0.582. The largest absolute Gasteiger partial charge is 0.355 e. The lowest BCUT2D eigenvalue weighted by molar-refractivity contribution is -0.123. The predicted molar refractivity (Wildman–Crippen MR) is 80.4 cm³/mol. The molecule has 0 bridgehead atoms. The molecule has 1 amide bonds. The van der Waals surface area contributed by atoms with E-state index in [1.165, 1.54) is 12.1 Å². The first-order valence-corrected chi connectivity index (χ1v) is 7.92. The number of hydrogen-bond acceptors (Lipinski definition) is 2. The number of piperidine rings is 1. The summed E-state index contributed by atoms with van der Waals surface area (Å²) >= 11 is 0.